The Hall–Kier alpha value is 0.0600. The van der Waals surface area contributed by atoms with E-state index >= 15 is 0 Å². The predicted molar refractivity (Wildman–Crippen MR) is 91.3 cm³/mol. The molecule has 1 atom stereocenters. The van der Waals surface area contributed by atoms with Crippen LogP contribution in [-0.4, -0.2) is 6.54 Å². The molecule has 0 saturated heterocycles. The standard InChI is InChI=1S/C14H13Br2ClFNS/c1-2-3-19-13(12-7-11(17)14(16)20-12)8-4-9(15)6-10(18)5-8/h4-7,13,19H,2-3H2,1H3. The lowest BCUT2D eigenvalue weighted by atomic mass is 10.1. The summed E-state index contributed by atoms with van der Waals surface area (Å²) < 4.78 is 15.3. The van der Waals surface area contributed by atoms with Crippen LogP contribution in [0.2, 0.25) is 5.02 Å². The second-order valence-corrected chi connectivity index (χ2v) is 8.08. The zero-order valence-electron chi connectivity index (χ0n) is 10.7. The highest BCUT2D eigenvalue weighted by Gasteiger charge is 2.18. The van der Waals surface area contributed by atoms with Crippen LogP contribution in [0.3, 0.4) is 0 Å². The van der Waals surface area contributed by atoms with Crippen LogP contribution in [0, 0.1) is 5.82 Å². The van der Waals surface area contributed by atoms with E-state index in [-0.39, 0.29) is 11.9 Å². The lowest BCUT2D eigenvalue weighted by molar-refractivity contribution is 0.590. The Morgan fingerprint density at radius 1 is 1.30 bits per heavy atom. The van der Waals surface area contributed by atoms with Gasteiger partial charge in [-0.05, 0) is 58.7 Å². The molecule has 108 valence electrons. The molecule has 2 aromatic rings. The van der Waals surface area contributed by atoms with E-state index in [1.807, 2.05) is 12.1 Å². The van der Waals surface area contributed by atoms with Crippen LogP contribution in [-0.2, 0) is 0 Å². The second kappa shape index (κ2) is 7.36. The predicted octanol–water partition coefficient (Wildman–Crippen LogP) is 6.15. The van der Waals surface area contributed by atoms with E-state index < -0.39 is 0 Å². The third-order valence-electron chi connectivity index (χ3n) is 2.77. The monoisotopic (exact) mass is 439 g/mol. The van der Waals surface area contributed by atoms with E-state index in [1.165, 1.54) is 6.07 Å². The van der Waals surface area contributed by atoms with Crippen LogP contribution in [0.5, 0.6) is 0 Å². The van der Waals surface area contributed by atoms with Crippen molar-refractivity contribution in [1.29, 1.82) is 0 Å². The molecular weight excluding hydrogens is 428 g/mol. The first kappa shape index (κ1) is 16.4. The maximum atomic E-state index is 13.6. The van der Waals surface area contributed by atoms with Gasteiger partial charge in [-0.3, -0.25) is 0 Å². The average molecular weight is 442 g/mol. The number of hydrogen-bond acceptors (Lipinski definition) is 2. The molecule has 1 aromatic carbocycles. The quantitative estimate of drug-likeness (QED) is 0.586. The molecule has 1 aromatic heterocycles. The molecule has 0 saturated carbocycles. The third-order valence-corrected chi connectivity index (χ3v) is 5.76. The summed E-state index contributed by atoms with van der Waals surface area (Å²) in [6.07, 6.45) is 1.01. The molecule has 20 heavy (non-hydrogen) atoms. The van der Waals surface area contributed by atoms with E-state index in [9.17, 15) is 4.39 Å². The fourth-order valence-corrected chi connectivity index (χ4v) is 4.25. The van der Waals surface area contributed by atoms with Gasteiger partial charge in [0.2, 0.25) is 0 Å². The van der Waals surface area contributed by atoms with Crippen LogP contribution in [0.4, 0.5) is 4.39 Å². The van der Waals surface area contributed by atoms with E-state index in [4.69, 9.17) is 11.6 Å². The zero-order valence-corrected chi connectivity index (χ0v) is 15.5. The Labute approximate surface area is 143 Å². The minimum atomic E-state index is -0.251. The molecule has 0 aliphatic carbocycles. The molecule has 1 unspecified atom stereocenters. The lowest BCUT2D eigenvalue weighted by Gasteiger charge is -2.18. The van der Waals surface area contributed by atoms with Crippen molar-refractivity contribution in [2.45, 2.75) is 19.4 Å². The Morgan fingerprint density at radius 3 is 2.60 bits per heavy atom. The van der Waals surface area contributed by atoms with Gasteiger partial charge >= 0.3 is 0 Å². The minimum Gasteiger partial charge on any atom is -0.306 e. The van der Waals surface area contributed by atoms with Gasteiger partial charge in [0, 0.05) is 9.35 Å². The SMILES string of the molecule is CCCNC(c1cc(F)cc(Br)c1)c1cc(Cl)c(Br)s1. The molecule has 0 aliphatic heterocycles. The fourth-order valence-electron chi connectivity index (χ4n) is 1.92. The molecule has 0 radical (unpaired) electrons. The van der Waals surface area contributed by atoms with Crippen LogP contribution in [0.25, 0.3) is 0 Å². The average Bonchev–Trinajstić information content (AvgIpc) is 2.69. The fraction of sp³-hybridized carbons (Fsp3) is 0.286. The first-order chi connectivity index (χ1) is 9.51. The van der Waals surface area contributed by atoms with Crippen molar-refractivity contribution < 1.29 is 4.39 Å². The van der Waals surface area contributed by atoms with Crippen molar-refractivity contribution in [3.05, 3.63) is 53.8 Å². The number of benzene rings is 1. The highest BCUT2D eigenvalue weighted by Crippen LogP contribution is 2.38. The molecule has 0 aliphatic rings. The van der Waals surface area contributed by atoms with Crippen molar-refractivity contribution in [2.24, 2.45) is 0 Å². The molecular formula is C14H13Br2ClFNS. The topological polar surface area (TPSA) is 12.0 Å². The van der Waals surface area contributed by atoms with Gasteiger partial charge in [-0.15, -0.1) is 11.3 Å². The maximum absolute atomic E-state index is 13.6. The van der Waals surface area contributed by atoms with Crippen molar-refractivity contribution in [2.75, 3.05) is 6.54 Å². The second-order valence-electron chi connectivity index (χ2n) is 4.36. The lowest BCUT2D eigenvalue weighted by Crippen LogP contribution is -2.22. The maximum Gasteiger partial charge on any atom is 0.124 e. The number of thiophene rings is 1. The first-order valence-electron chi connectivity index (χ1n) is 6.15. The summed E-state index contributed by atoms with van der Waals surface area (Å²) in [6, 6.07) is 6.80. The summed E-state index contributed by atoms with van der Waals surface area (Å²) >= 11 is 14.4. The Bertz CT molecular complexity index is 563. The number of rotatable bonds is 5. The zero-order chi connectivity index (χ0) is 14.7. The largest absolute Gasteiger partial charge is 0.306 e. The third kappa shape index (κ3) is 4.04. The van der Waals surface area contributed by atoms with Crippen LogP contribution in [0.1, 0.15) is 29.8 Å². The van der Waals surface area contributed by atoms with E-state index in [0.29, 0.717) is 5.02 Å². The Balaban J connectivity index is 2.40. The highest BCUT2D eigenvalue weighted by molar-refractivity contribution is 9.11. The summed E-state index contributed by atoms with van der Waals surface area (Å²) in [4.78, 5) is 1.06. The number of halogens is 4. The van der Waals surface area contributed by atoms with Crippen molar-refractivity contribution in [3.63, 3.8) is 0 Å². The molecule has 6 heteroatoms. The normalized spacial score (nSPS) is 12.7. The van der Waals surface area contributed by atoms with Gasteiger partial charge in [0.15, 0.2) is 0 Å². The van der Waals surface area contributed by atoms with Crippen LogP contribution >= 0.6 is 54.8 Å². The van der Waals surface area contributed by atoms with Gasteiger partial charge < -0.3 is 5.32 Å². The van der Waals surface area contributed by atoms with Crippen molar-refractivity contribution >= 4 is 54.8 Å². The summed E-state index contributed by atoms with van der Waals surface area (Å²) in [5, 5.41) is 4.12. The van der Waals surface area contributed by atoms with E-state index in [1.54, 1.807) is 17.4 Å². The van der Waals surface area contributed by atoms with Crippen LogP contribution in [0.15, 0.2) is 32.5 Å². The Morgan fingerprint density at radius 2 is 2.05 bits per heavy atom. The summed E-state index contributed by atoms with van der Waals surface area (Å²) in [5.41, 5.74) is 0.885. The molecule has 1 heterocycles. The van der Waals surface area contributed by atoms with Gasteiger partial charge in [-0.2, -0.15) is 0 Å². The van der Waals surface area contributed by atoms with Crippen molar-refractivity contribution in [1.82, 2.24) is 5.32 Å². The smallest absolute Gasteiger partial charge is 0.124 e. The Kier molecular flexibility index (Phi) is 6.05. The van der Waals surface area contributed by atoms with Gasteiger partial charge in [-0.1, -0.05) is 34.5 Å². The van der Waals surface area contributed by atoms with Gasteiger partial charge in [0.1, 0.15) is 5.82 Å². The number of hydrogen-bond donors (Lipinski definition) is 1. The number of nitrogens with one attached hydrogen (secondary N) is 1. The van der Waals surface area contributed by atoms with Gasteiger partial charge in [-0.25, -0.2) is 4.39 Å². The van der Waals surface area contributed by atoms with Gasteiger partial charge in [0.25, 0.3) is 0 Å². The van der Waals surface area contributed by atoms with Crippen LogP contribution < -0.4 is 5.32 Å². The molecule has 0 bridgehead atoms. The van der Waals surface area contributed by atoms with Gasteiger partial charge in [0.05, 0.1) is 14.9 Å². The highest BCUT2D eigenvalue weighted by atomic mass is 79.9. The van der Waals surface area contributed by atoms with Crippen molar-refractivity contribution in [3.8, 4) is 0 Å². The van der Waals surface area contributed by atoms with E-state index in [2.05, 4.69) is 44.1 Å². The molecule has 2 rings (SSSR count). The first-order valence-corrected chi connectivity index (χ1v) is 8.93. The molecule has 1 N–H and O–H groups in total. The molecule has 0 fully saturated rings. The summed E-state index contributed by atoms with van der Waals surface area (Å²) in [6.45, 7) is 2.95. The molecule has 1 nitrogen and oxygen atoms in total. The van der Waals surface area contributed by atoms with E-state index in [0.717, 1.165) is 31.7 Å². The molecule has 0 spiro atoms. The summed E-state index contributed by atoms with van der Waals surface area (Å²) in [7, 11) is 0. The summed E-state index contributed by atoms with van der Waals surface area (Å²) in [5.74, 6) is -0.251. The minimum absolute atomic E-state index is 0.0595. The molecule has 0 amide bonds.